The molecule has 0 aromatic rings. The van der Waals surface area contributed by atoms with Crippen molar-refractivity contribution >= 4 is 11.8 Å². The molecule has 13 heavy (non-hydrogen) atoms. The second kappa shape index (κ2) is 5.89. The molecule has 0 spiro atoms. The minimum atomic E-state index is 0.771. The average Bonchev–Trinajstić information content (AvgIpc) is 2.45. The van der Waals surface area contributed by atoms with Crippen LogP contribution in [0.3, 0.4) is 0 Å². The average molecular weight is 202 g/mol. The molecule has 2 nitrogen and oxygen atoms in total. The molecule has 0 radical (unpaired) electrons. The molecule has 78 valence electrons. The van der Waals surface area contributed by atoms with E-state index in [1.807, 2.05) is 0 Å². The lowest BCUT2D eigenvalue weighted by Crippen LogP contribution is -2.35. The fourth-order valence-corrected chi connectivity index (χ4v) is 2.91. The van der Waals surface area contributed by atoms with Crippen LogP contribution < -0.4 is 5.32 Å². The molecule has 1 heterocycles. The second-order valence-electron chi connectivity index (χ2n) is 4.08. The lowest BCUT2D eigenvalue weighted by Gasteiger charge is -2.17. The minimum Gasteiger partial charge on any atom is -0.313 e. The molecule has 1 saturated heterocycles. The number of rotatable bonds is 5. The van der Waals surface area contributed by atoms with Crippen LogP contribution in [0.2, 0.25) is 0 Å². The molecule has 0 amide bonds. The summed E-state index contributed by atoms with van der Waals surface area (Å²) in [5.41, 5.74) is 0. The van der Waals surface area contributed by atoms with Crippen LogP contribution in [-0.2, 0) is 0 Å². The molecule has 1 N–H and O–H groups in total. The maximum absolute atomic E-state index is 3.64. The molecular weight excluding hydrogens is 180 g/mol. The van der Waals surface area contributed by atoms with E-state index in [1.165, 1.54) is 31.7 Å². The Bertz CT molecular complexity index is 139. The van der Waals surface area contributed by atoms with Gasteiger partial charge in [-0.15, -0.1) is 0 Å². The van der Waals surface area contributed by atoms with Crippen LogP contribution in [-0.4, -0.2) is 49.1 Å². The van der Waals surface area contributed by atoms with E-state index in [2.05, 4.69) is 43.0 Å². The van der Waals surface area contributed by atoms with Gasteiger partial charge in [-0.3, -0.25) is 0 Å². The highest BCUT2D eigenvalue weighted by molar-refractivity contribution is 8.00. The first-order chi connectivity index (χ1) is 6.20. The highest BCUT2D eigenvalue weighted by Crippen LogP contribution is 2.25. The highest BCUT2D eigenvalue weighted by Gasteiger charge is 2.22. The summed E-state index contributed by atoms with van der Waals surface area (Å²) in [4.78, 5) is 2.24. The van der Waals surface area contributed by atoms with E-state index < -0.39 is 0 Å². The maximum Gasteiger partial charge on any atom is 0.0191 e. The summed E-state index contributed by atoms with van der Waals surface area (Å²) >= 11 is 2.10. The third-order valence-corrected chi connectivity index (χ3v) is 3.89. The van der Waals surface area contributed by atoms with Crippen LogP contribution in [0.5, 0.6) is 0 Å². The molecule has 1 fully saturated rings. The Balaban J connectivity index is 1.99. The zero-order chi connectivity index (χ0) is 9.68. The van der Waals surface area contributed by atoms with Crippen molar-refractivity contribution in [1.29, 1.82) is 0 Å². The Morgan fingerprint density at radius 1 is 1.46 bits per heavy atom. The summed E-state index contributed by atoms with van der Waals surface area (Å²) < 4.78 is 0. The second-order valence-corrected chi connectivity index (χ2v) is 5.57. The number of hydrogen-bond acceptors (Lipinski definition) is 3. The zero-order valence-electron chi connectivity index (χ0n) is 9.05. The Kier molecular flexibility index (Phi) is 5.14. The van der Waals surface area contributed by atoms with E-state index in [1.54, 1.807) is 0 Å². The van der Waals surface area contributed by atoms with Crippen LogP contribution >= 0.6 is 11.8 Å². The normalized spacial score (nSPS) is 28.6. The summed E-state index contributed by atoms with van der Waals surface area (Å²) in [5, 5.41) is 4.46. The van der Waals surface area contributed by atoms with Crippen molar-refractivity contribution in [3.05, 3.63) is 0 Å². The molecule has 1 aliphatic heterocycles. The van der Waals surface area contributed by atoms with E-state index in [0.29, 0.717) is 0 Å². The fourth-order valence-electron chi connectivity index (χ4n) is 1.68. The van der Waals surface area contributed by atoms with Gasteiger partial charge in [0, 0.05) is 11.3 Å². The highest BCUT2D eigenvalue weighted by atomic mass is 32.2. The first-order valence-electron chi connectivity index (χ1n) is 5.20. The monoisotopic (exact) mass is 202 g/mol. The summed E-state index contributed by atoms with van der Waals surface area (Å²) in [6.45, 7) is 4.70. The molecule has 1 aliphatic rings. The lowest BCUT2D eigenvalue weighted by atomic mass is 10.1. The van der Waals surface area contributed by atoms with Crippen LogP contribution in [0.4, 0.5) is 0 Å². The SMILES string of the molecule is CC1SCCC1NCCCN(C)C. The summed E-state index contributed by atoms with van der Waals surface area (Å²) in [6, 6.07) is 0.771. The van der Waals surface area contributed by atoms with E-state index >= 15 is 0 Å². The molecule has 0 aromatic carbocycles. The lowest BCUT2D eigenvalue weighted by molar-refractivity contribution is 0.385. The van der Waals surface area contributed by atoms with E-state index in [9.17, 15) is 0 Å². The van der Waals surface area contributed by atoms with Gasteiger partial charge in [-0.25, -0.2) is 0 Å². The van der Waals surface area contributed by atoms with Gasteiger partial charge in [0.1, 0.15) is 0 Å². The van der Waals surface area contributed by atoms with Gasteiger partial charge >= 0.3 is 0 Å². The smallest absolute Gasteiger partial charge is 0.0191 e. The van der Waals surface area contributed by atoms with Crippen molar-refractivity contribution in [2.45, 2.75) is 31.1 Å². The van der Waals surface area contributed by atoms with Crippen molar-refractivity contribution < 1.29 is 0 Å². The van der Waals surface area contributed by atoms with Crippen molar-refractivity contribution in [2.75, 3.05) is 32.9 Å². The van der Waals surface area contributed by atoms with E-state index in [-0.39, 0.29) is 0 Å². The predicted molar refractivity (Wildman–Crippen MR) is 61.5 cm³/mol. The molecule has 0 saturated carbocycles. The van der Waals surface area contributed by atoms with Crippen LogP contribution in [0, 0.1) is 0 Å². The summed E-state index contributed by atoms with van der Waals surface area (Å²) in [7, 11) is 4.27. The summed E-state index contributed by atoms with van der Waals surface area (Å²) in [6.07, 6.45) is 2.62. The van der Waals surface area contributed by atoms with Gasteiger partial charge in [-0.1, -0.05) is 6.92 Å². The first-order valence-corrected chi connectivity index (χ1v) is 6.24. The molecule has 0 bridgehead atoms. The molecular formula is C10H22N2S. The minimum absolute atomic E-state index is 0.771. The maximum atomic E-state index is 3.64. The van der Waals surface area contributed by atoms with Crippen LogP contribution in [0.1, 0.15) is 19.8 Å². The van der Waals surface area contributed by atoms with Gasteiger partial charge in [0.2, 0.25) is 0 Å². The molecule has 1 rings (SSSR count). The number of thioether (sulfide) groups is 1. The van der Waals surface area contributed by atoms with Crippen LogP contribution in [0.15, 0.2) is 0 Å². The van der Waals surface area contributed by atoms with Crippen molar-refractivity contribution in [1.82, 2.24) is 10.2 Å². The van der Waals surface area contributed by atoms with Gasteiger partial charge in [0.05, 0.1) is 0 Å². The van der Waals surface area contributed by atoms with Crippen molar-refractivity contribution in [2.24, 2.45) is 0 Å². The van der Waals surface area contributed by atoms with Gasteiger partial charge in [-0.05, 0) is 45.8 Å². The number of nitrogens with one attached hydrogen (secondary N) is 1. The van der Waals surface area contributed by atoms with Gasteiger partial charge in [-0.2, -0.15) is 11.8 Å². The van der Waals surface area contributed by atoms with E-state index in [4.69, 9.17) is 0 Å². The molecule has 2 unspecified atom stereocenters. The van der Waals surface area contributed by atoms with Gasteiger partial charge in [0.15, 0.2) is 0 Å². The topological polar surface area (TPSA) is 15.3 Å². The molecule has 0 aliphatic carbocycles. The Labute approximate surface area is 86.5 Å². The Hall–Kier alpha value is 0.270. The standard InChI is InChI=1S/C10H22N2S/c1-9-10(5-8-13-9)11-6-4-7-12(2)3/h9-11H,4-8H2,1-3H3. The van der Waals surface area contributed by atoms with Gasteiger partial charge < -0.3 is 10.2 Å². The quantitative estimate of drug-likeness (QED) is 0.679. The first kappa shape index (κ1) is 11.3. The third kappa shape index (κ3) is 4.34. The largest absolute Gasteiger partial charge is 0.313 e. The van der Waals surface area contributed by atoms with E-state index in [0.717, 1.165) is 11.3 Å². The number of nitrogens with zero attached hydrogens (tertiary/aromatic N) is 1. The van der Waals surface area contributed by atoms with Crippen molar-refractivity contribution in [3.8, 4) is 0 Å². The number of hydrogen-bond donors (Lipinski definition) is 1. The third-order valence-electron chi connectivity index (χ3n) is 2.56. The molecule has 2 atom stereocenters. The predicted octanol–water partition coefficient (Wildman–Crippen LogP) is 1.42. The Morgan fingerprint density at radius 3 is 2.77 bits per heavy atom. The molecule has 0 aromatic heterocycles. The van der Waals surface area contributed by atoms with Crippen molar-refractivity contribution in [3.63, 3.8) is 0 Å². The Morgan fingerprint density at radius 2 is 2.23 bits per heavy atom. The molecule has 3 heteroatoms. The fraction of sp³-hybridized carbons (Fsp3) is 1.00. The zero-order valence-corrected chi connectivity index (χ0v) is 9.86. The summed E-state index contributed by atoms with van der Waals surface area (Å²) in [5.74, 6) is 1.34. The van der Waals surface area contributed by atoms with Crippen LogP contribution in [0.25, 0.3) is 0 Å². The van der Waals surface area contributed by atoms with Gasteiger partial charge in [0.25, 0.3) is 0 Å².